The Hall–Kier alpha value is -6.09. The van der Waals surface area contributed by atoms with Gasteiger partial charge in [0.05, 0.1) is 35.5 Å². The number of aliphatic imine (C=N–C) groups is 1. The van der Waals surface area contributed by atoms with E-state index in [-0.39, 0.29) is 34.7 Å². The van der Waals surface area contributed by atoms with Crippen LogP contribution < -0.4 is 20.7 Å². The van der Waals surface area contributed by atoms with Crippen molar-refractivity contribution in [3.63, 3.8) is 0 Å². The highest BCUT2D eigenvalue weighted by Gasteiger charge is 2.53. The first-order chi connectivity index (χ1) is 25.1. The number of pyridine rings is 1. The normalized spacial score (nSPS) is 17.5. The number of carboxylic acids is 2. The summed E-state index contributed by atoms with van der Waals surface area (Å²) in [5, 5.41) is 37.8. The third kappa shape index (κ3) is 7.60. The Morgan fingerprint density at radius 3 is 2.75 bits per heavy atom. The number of anilines is 1. The third-order valence-electron chi connectivity index (χ3n) is 8.05. The van der Waals surface area contributed by atoms with Crippen LogP contribution in [0, 0.1) is 5.41 Å². The van der Waals surface area contributed by atoms with Crippen LogP contribution in [0.3, 0.4) is 0 Å². The van der Waals surface area contributed by atoms with Crippen molar-refractivity contribution in [1.82, 2.24) is 29.7 Å². The molecule has 1 saturated heterocycles. The highest BCUT2D eigenvalue weighted by Crippen LogP contribution is 2.40. The maximum Gasteiger partial charge on any atom is 0.350 e. The number of fused-ring (bicyclic) bond motifs is 2. The first kappa shape index (κ1) is 36.7. The zero-order valence-corrected chi connectivity index (χ0v) is 30.3. The fourth-order valence-corrected chi connectivity index (χ4v) is 7.21. The standard InChI is InChI=1S/C32H33N11O8S2/c1-32(2,30(48)49)51-39-22(19-14-53-31(34)37-19)26(44)38-23-27(45)43-24(29(46)47)17(13-52-28(23)43)10-41-7-6-20-16(9-41)5-8-42(20)11-21-36-18(12-50-21)25(33)35-15-40(3)4/h5-9,12,14-15,23,28,33H,10-11,13H2,1-4H3,(H4-,34,37,38,44,46,47,48,49)/b33-25?,35-15-,39-22-/t23-,28-/m1/s1. The van der Waals surface area contributed by atoms with E-state index in [0.29, 0.717) is 23.7 Å². The second kappa shape index (κ2) is 14.5. The van der Waals surface area contributed by atoms with Crippen LogP contribution >= 0.6 is 23.1 Å². The molecule has 0 spiro atoms. The second-order valence-corrected chi connectivity index (χ2v) is 14.6. The van der Waals surface area contributed by atoms with Crippen molar-refractivity contribution in [2.75, 3.05) is 25.6 Å². The second-order valence-electron chi connectivity index (χ2n) is 12.6. The molecule has 4 aromatic rings. The van der Waals surface area contributed by atoms with E-state index in [0.717, 1.165) is 27.1 Å². The number of rotatable bonds is 13. The van der Waals surface area contributed by atoms with E-state index < -0.39 is 46.5 Å². The molecule has 0 saturated carbocycles. The molecule has 0 bridgehead atoms. The van der Waals surface area contributed by atoms with Gasteiger partial charge in [-0.3, -0.25) is 19.9 Å². The van der Waals surface area contributed by atoms with Crippen molar-refractivity contribution >= 4 is 80.8 Å². The molecule has 2 amide bonds. The summed E-state index contributed by atoms with van der Waals surface area (Å²) in [5.74, 6) is -3.87. The van der Waals surface area contributed by atoms with E-state index in [9.17, 15) is 29.4 Å². The molecule has 6 rings (SSSR count). The average Bonchev–Trinajstić information content (AvgIpc) is 3.86. The fraction of sp³-hybridized carbons (Fsp3) is 0.312. The minimum atomic E-state index is -1.79. The molecule has 0 radical (unpaired) electrons. The number of amidine groups is 1. The molecule has 2 aliphatic rings. The van der Waals surface area contributed by atoms with Gasteiger partial charge in [0.15, 0.2) is 35.6 Å². The highest BCUT2D eigenvalue weighted by atomic mass is 32.2. The Bertz CT molecular complexity index is 2240. The number of hydrogen-bond acceptors (Lipinski definition) is 14. The number of thiazole rings is 1. The fourth-order valence-electron chi connectivity index (χ4n) is 5.33. The quantitative estimate of drug-likeness (QED) is 0.0445. The molecule has 2 atom stereocenters. The van der Waals surface area contributed by atoms with Gasteiger partial charge in [-0.1, -0.05) is 5.16 Å². The summed E-state index contributed by atoms with van der Waals surface area (Å²) >= 11 is 2.28. The van der Waals surface area contributed by atoms with Gasteiger partial charge in [-0.05, 0) is 19.9 Å². The number of carbonyl (C=O) groups is 4. The van der Waals surface area contributed by atoms with Gasteiger partial charge >= 0.3 is 5.97 Å². The number of carbonyl (C=O) groups excluding carboxylic acids is 3. The number of amides is 2. The number of carboxylic acid groups (broad SMARTS) is 2. The van der Waals surface area contributed by atoms with E-state index in [1.54, 1.807) is 29.8 Å². The Labute approximate surface area is 308 Å². The summed E-state index contributed by atoms with van der Waals surface area (Å²) in [6.45, 7) is 2.91. The largest absolute Gasteiger partial charge is 0.543 e. The van der Waals surface area contributed by atoms with Crippen molar-refractivity contribution < 1.29 is 43.2 Å². The van der Waals surface area contributed by atoms with E-state index in [4.69, 9.17) is 20.4 Å². The molecule has 4 aromatic heterocycles. The molecule has 0 aliphatic carbocycles. The maximum absolute atomic E-state index is 13.4. The smallest absolute Gasteiger partial charge is 0.350 e. The number of nitrogens with two attached hydrogens (primary N) is 1. The number of oxime groups is 1. The number of aromatic nitrogens is 4. The maximum atomic E-state index is 13.4. The number of nitrogens with zero attached hydrogens (tertiary/aromatic N) is 8. The number of hydrogen-bond donors (Lipinski definition) is 4. The number of nitrogen functional groups attached to an aromatic ring is 1. The van der Waals surface area contributed by atoms with Crippen molar-refractivity contribution in [2.45, 2.75) is 44.0 Å². The van der Waals surface area contributed by atoms with Crippen LogP contribution in [0.1, 0.15) is 31.1 Å². The molecule has 53 heavy (non-hydrogen) atoms. The van der Waals surface area contributed by atoms with Gasteiger partial charge in [0, 0.05) is 43.1 Å². The summed E-state index contributed by atoms with van der Waals surface area (Å²) in [6.07, 6.45) is 8.36. The van der Waals surface area contributed by atoms with Gasteiger partial charge in [0.2, 0.25) is 11.5 Å². The van der Waals surface area contributed by atoms with Crippen LogP contribution in [-0.4, -0.2) is 108 Å². The van der Waals surface area contributed by atoms with Crippen LogP contribution in [0.25, 0.3) is 10.9 Å². The molecule has 21 heteroatoms. The molecule has 6 heterocycles. The van der Waals surface area contributed by atoms with Gasteiger partial charge in [0.1, 0.15) is 29.1 Å². The van der Waals surface area contributed by atoms with Crippen molar-refractivity contribution in [1.29, 1.82) is 5.41 Å². The van der Waals surface area contributed by atoms with Crippen molar-refractivity contribution in [2.24, 2.45) is 10.1 Å². The molecule has 5 N–H and O–H groups in total. The van der Waals surface area contributed by atoms with Crippen LogP contribution in [0.4, 0.5) is 5.13 Å². The van der Waals surface area contributed by atoms with Crippen molar-refractivity contribution in [3.05, 3.63) is 70.9 Å². The molecular formula is C32H33N11O8S2. The van der Waals surface area contributed by atoms with Gasteiger partial charge < -0.3 is 44.8 Å². The SMILES string of the molecule is CN(C)/C=N\C(=N)c1coc(Cn2ccc3c[n+](CC4=C(C(=O)[O-])N5C(=O)[C@@H](NC(=O)/C(=N\OC(C)(C)C(=O)O)c6csc(N)n6)[C@H]5SC4)ccc32)n1. The topological polar surface area (TPSA) is 262 Å². The summed E-state index contributed by atoms with van der Waals surface area (Å²) in [5.41, 5.74) is 4.84. The van der Waals surface area contributed by atoms with Gasteiger partial charge in [0.25, 0.3) is 11.8 Å². The summed E-state index contributed by atoms with van der Waals surface area (Å²) in [7, 11) is 3.59. The van der Waals surface area contributed by atoms with E-state index in [1.165, 1.54) is 43.6 Å². The number of nitrogens with one attached hydrogen (secondary N) is 2. The molecule has 0 unspecified atom stereocenters. The van der Waals surface area contributed by atoms with Gasteiger partial charge in [-0.2, -0.15) is 0 Å². The molecule has 276 valence electrons. The molecular weight excluding hydrogens is 731 g/mol. The minimum absolute atomic E-state index is 0.00239. The zero-order chi connectivity index (χ0) is 38.2. The third-order valence-corrected chi connectivity index (χ3v) is 10.1. The first-order valence-corrected chi connectivity index (χ1v) is 17.7. The number of thioether (sulfide) groups is 1. The highest BCUT2D eigenvalue weighted by molar-refractivity contribution is 8.00. The van der Waals surface area contributed by atoms with E-state index >= 15 is 0 Å². The summed E-state index contributed by atoms with van der Waals surface area (Å²) in [6, 6.07) is 2.62. The minimum Gasteiger partial charge on any atom is -0.543 e. The number of oxazole rings is 1. The number of β-lactam (4-membered cyclic amide) rings is 1. The summed E-state index contributed by atoms with van der Waals surface area (Å²) < 4.78 is 9.28. The Morgan fingerprint density at radius 1 is 1.30 bits per heavy atom. The zero-order valence-electron chi connectivity index (χ0n) is 28.7. The Kier molecular flexibility index (Phi) is 10.0. The van der Waals surface area contributed by atoms with E-state index in [2.05, 4.69) is 25.4 Å². The van der Waals surface area contributed by atoms with Crippen LogP contribution in [-0.2, 0) is 37.1 Å². The lowest BCUT2D eigenvalue weighted by Gasteiger charge is -2.50. The van der Waals surface area contributed by atoms with Crippen LogP contribution in [0.5, 0.6) is 0 Å². The van der Waals surface area contributed by atoms with Crippen LogP contribution in [0.2, 0.25) is 0 Å². The number of aliphatic carboxylic acids is 2. The van der Waals surface area contributed by atoms with Gasteiger partial charge in [-0.25, -0.2) is 24.3 Å². The molecule has 2 aliphatic heterocycles. The van der Waals surface area contributed by atoms with Crippen LogP contribution in [0.15, 0.2) is 68.2 Å². The predicted molar refractivity (Wildman–Crippen MR) is 190 cm³/mol. The molecule has 19 nitrogen and oxygen atoms in total. The van der Waals surface area contributed by atoms with Crippen molar-refractivity contribution in [3.8, 4) is 0 Å². The first-order valence-electron chi connectivity index (χ1n) is 15.7. The molecule has 1 fully saturated rings. The van der Waals surface area contributed by atoms with E-state index in [1.807, 2.05) is 29.1 Å². The monoisotopic (exact) mass is 763 g/mol. The Morgan fingerprint density at radius 2 is 2.08 bits per heavy atom. The lowest BCUT2D eigenvalue weighted by Crippen LogP contribution is -2.71. The predicted octanol–water partition coefficient (Wildman–Crippen LogP) is -0.393. The molecule has 0 aromatic carbocycles. The average molecular weight is 764 g/mol. The Balaban J connectivity index is 1.16. The van der Waals surface area contributed by atoms with Gasteiger partial charge in [-0.15, -0.1) is 23.1 Å². The lowest BCUT2D eigenvalue weighted by molar-refractivity contribution is -0.687. The summed E-state index contributed by atoms with van der Waals surface area (Å²) in [4.78, 5) is 71.1. The lowest BCUT2D eigenvalue weighted by atomic mass is 10.0.